The zero-order valence-electron chi connectivity index (χ0n) is 15.1. The molecular weight excluding hydrogens is 360 g/mol. The number of hydrogen-bond acceptors (Lipinski definition) is 4. The van der Waals surface area contributed by atoms with Crippen molar-refractivity contribution in [2.45, 2.75) is 13.8 Å². The molecule has 3 aromatic rings. The molecule has 1 aromatic heterocycles. The average Bonchev–Trinajstić information content (AvgIpc) is 2.65. The van der Waals surface area contributed by atoms with Crippen LogP contribution in [0.1, 0.15) is 27.0 Å². The predicted molar refractivity (Wildman–Crippen MR) is 108 cm³/mol. The molecule has 1 heterocycles. The highest BCUT2D eigenvalue weighted by atomic mass is 35.5. The van der Waals surface area contributed by atoms with Crippen LogP contribution in [0.15, 0.2) is 42.5 Å². The third-order valence-electron chi connectivity index (χ3n) is 4.22. The average molecular weight is 379 g/mol. The van der Waals surface area contributed by atoms with E-state index in [4.69, 9.17) is 11.6 Å². The summed E-state index contributed by atoms with van der Waals surface area (Å²) in [5, 5.41) is 17.0. The van der Waals surface area contributed by atoms with E-state index in [0.29, 0.717) is 35.1 Å². The van der Waals surface area contributed by atoms with Gasteiger partial charge in [-0.3, -0.25) is 4.79 Å². The van der Waals surface area contributed by atoms with Gasteiger partial charge in [0.15, 0.2) is 0 Å². The van der Waals surface area contributed by atoms with Gasteiger partial charge in [-0.2, -0.15) is 5.26 Å². The molecule has 0 atom stereocenters. The van der Waals surface area contributed by atoms with Crippen LogP contribution in [0.5, 0.6) is 0 Å². The fourth-order valence-electron chi connectivity index (χ4n) is 2.91. The quantitative estimate of drug-likeness (QED) is 0.651. The Labute approximate surface area is 163 Å². The molecule has 2 aromatic carbocycles. The third-order valence-corrected chi connectivity index (χ3v) is 4.47. The Morgan fingerprint density at radius 3 is 2.59 bits per heavy atom. The van der Waals surface area contributed by atoms with Crippen LogP contribution in [-0.4, -0.2) is 24.0 Å². The minimum atomic E-state index is -0.174. The third kappa shape index (κ3) is 4.36. The highest BCUT2D eigenvalue weighted by molar-refractivity contribution is 6.30. The molecule has 0 spiro atoms. The number of fused-ring (bicyclic) bond motifs is 1. The molecule has 2 N–H and O–H groups in total. The monoisotopic (exact) mass is 378 g/mol. The maximum absolute atomic E-state index is 12.1. The van der Waals surface area contributed by atoms with E-state index in [0.717, 1.165) is 22.0 Å². The fourth-order valence-corrected chi connectivity index (χ4v) is 3.04. The Morgan fingerprint density at radius 1 is 1.15 bits per heavy atom. The molecule has 27 heavy (non-hydrogen) atoms. The van der Waals surface area contributed by atoms with Gasteiger partial charge in [-0.15, -0.1) is 0 Å². The summed E-state index contributed by atoms with van der Waals surface area (Å²) in [6.07, 6.45) is 0. The fraction of sp³-hybridized carbons (Fsp3) is 0.190. The summed E-state index contributed by atoms with van der Waals surface area (Å²) in [7, 11) is 0. The molecule has 6 heteroatoms. The Morgan fingerprint density at radius 2 is 1.89 bits per heavy atom. The smallest absolute Gasteiger partial charge is 0.251 e. The van der Waals surface area contributed by atoms with E-state index in [9.17, 15) is 10.1 Å². The molecule has 3 rings (SSSR count). The van der Waals surface area contributed by atoms with E-state index < -0.39 is 0 Å². The number of anilines is 1. The lowest BCUT2D eigenvalue weighted by molar-refractivity contribution is 0.0955. The van der Waals surface area contributed by atoms with E-state index in [1.54, 1.807) is 24.3 Å². The van der Waals surface area contributed by atoms with Crippen LogP contribution in [0, 0.1) is 25.2 Å². The predicted octanol–water partition coefficient (Wildman–Crippen LogP) is 4.22. The molecule has 0 saturated carbocycles. The van der Waals surface area contributed by atoms with Crippen LogP contribution >= 0.6 is 11.6 Å². The molecule has 0 aliphatic rings. The maximum Gasteiger partial charge on any atom is 0.251 e. The van der Waals surface area contributed by atoms with Crippen molar-refractivity contribution in [1.82, 2.24) is 10.3 Å². The molecule has 0 aliphatic heterocycles. The van der Waals surface area contributed by atoms with Gasteiger partial charge in [-0.1, -0.05) is 17.7 Å². The van der Waals surface area contributed by atoms with Gasteiger partial charge in [0.05, 0.1) is 11.1 Å². The van der Waals surface area contributed by atoms with Crippen LogP contribution in [0.2, 0.25) is 5.02 Å². The van der Waals surface area contributed by atoms with Gasteiger partial charge < -0.3 is 10.6 Å². The highest BCUT2D eigenvalue weighted by Crippen LogP contribution is 2.24. The first kappa shape index (κ1) is 18.7. The lowest BCUT2D eigenvalue weighted by Crippen LogP contribution is -2.29. The molecular formula is C21H19ClN4O. The number of amides is 1. The number of nitrogens with one attached hydrogen (secondary N) is 2. The Balaban J connectivity index is 1.67. The summed E-state index contributed by atoms with van der Waals surface area (Å²) in [6.45, 7) is 4.89. The summed E-state index contributed by atoms with van der Waals surface area (Å²) in [5.41, 5.74) is 4.10. The van der Waals surface area contributed by atoms with Crippen molar-refractivity contribution < 1.29 is 4.79 Å². The maximum atomic E-state index is 12.1. The van der Waals surface area contributed by atoms with Gasteiger partial charge in [0.2, 0.25) is 0 Å². The van der Waals surface area contributed by atoms with E-state index in [-0.39, 0.29) is 5.91 Å². The zero-order chi connectivity index (χ0) is 19.4. The zero-order valence-corrected chi connectivity index (χ0v) is 15.9. The van der Waals surface area contributed by atoms with Gasteiger partial charge in [-0.25, -0.2) is 4.98 Å². The molecule has 1 amide bonds. The molecule has 0 radical (unpaired) electrons. The minimum absolute atomic E-state index is 0.174. The number of carbonyl (C=O) groups excluding carboxylic acids is 1. The topological polar surface area (TPSA) is 77.8 Å². The second-order valence-electron chi connectivity index (χ2n) is 6.33. The first-order chi connectivity index (χ1) is 13.0. The first-order valence-corrected chi connectivity index (χ1v) is 8.95. The minimum Gasteiger partial charge on any atom is -0.367 e. The molecule has 0 fully saturated rings. The standard InChI is InChI=1S/C21H19ClN4O/c1-13-9-14(2)18-11-16(12-23)20(26-19(18)10-13)24-7-8-25-21(27)15-3-5-17(22)6-4-15/h3-6,9-11H,7-8H2,1-2H3,(H,24,26)(H,25,27). The number of nitriles is 1. The van der Waals surface area contributed by atoms with Crippen molar-refractivity contribution in [1.29, 1.82) is 5.26 Å². The van der Waals surface area contributed by atoms with Crippen molar-refractivity contribution in [2.75, 3.05) is 18.4 Å². The van der Waals surface area contributed by atoms with Crippen molar-refractivity contribution in [3.8, 4) is 6.07 Å². The van der Waals surface area contributed by atoms with Gasteiger partial charge >= 0.3 is 0 Å². The van der Waals surface area contributed by atoms with Crippen molar-refractivity contribution >= 4 is 34.2 Å². The van der Waals surface area contributed by atoms with Crippen LogP contribution in [0.3, 0.4) is 0 Å². The number of carbonyl (C=O) groups is 1. The summed E-state index contributed by atoms with van der Waals surface area (Å²) < 4.78 is 0. The lowest BCUT2D eigenvalue weighted by atomic mass is 10.0. The molecule has 0 aliphatic carbocycles. The summed E-state index contributed by atoms with van der Waals surface area (Å²) in [4.78, 5) is 16.7. The van der Waals surface area contributed by atoms with Crippen molar-refractivity contribution in [3.63, 3.8) is 0 Å². The van der Waals surface area contributed by atoms with Gasteiger partial charge in [0.25, 0.3) is 5.91 Å². The summed E-state index contributed by atoms with van der Waals surface area (Å²) >= 11 is 5.83. The van der Waals surface area contributed by atoms with Crippen LogP contribution in [-0.2, 0) is 0 Å². The van der Waals surface area contributed by atoms with Crippen molar-refractivity contribution in [2.24, 2.45) is 0 Å². The van der Waals surface area contributed by atoms with Crippen molar-refractivity contribution in [3.05, 3.63) is 69.7 Å². The van der Waals surface area contributed by atoms with E-state index in [2.05, 4.69) is 27.8 Å². The van der Waals surface area contributed by atoms with Crippen LogP contribution < -0.4 is 10.6 Å². The number of benzene rings is 2. The molecule has 0 saturated heterocycles. The number of aromatic nitrogens is 1. The number of pyridine rings is 1. The van der Waals surface area contributed by atoms with Gasteiger partial charge in [0, 0.05) is 29.1 Å². The lowest BCUT2D eigenvalue weighted by Gasteiger charge is -2.11. The van der Waals surface area contributed by atoms with E-state index in [1.807, 2.05) is 26.0 Å². The van der Waals surface area contributed by atoms with Gasteiger partial charge in [0.1, 0.15) is 11.9 Å². The van der Waals surface area contributed by atoms with Gasteiger partial charge in [-0.05, 0) is 61.4 Å². The largest absolute Gasteiger partial charge is 0.367 e. The Hall–Kier alpha value is -3.10. The molecule has 136 valence electrons. The number of halogens is 1. The Bertz CT molecular complexity index is 1040. The second-order valence-corrected chi connectivity index (χ2v) is 6.77. The Kier molecular flexibility index (Phi) is 5.58. The number of aryl methyl sites for hydroxylation is 2. The highest BCUT2D eigenvalue weighted by Gasteiger charge is 2.09. The van der Waals surface area contributed by atoms with Crippen LogP contribution in [0.25, 0.3) is 10.9 Å². The molecule has 0 unspecified atom stereocenters. The SMILES string of the molecule is Cc1cc(C)c2cc(C#N)c(NCCNC(=O)c3ccc(Cl)cc3)nc2c1. The summed E-state index contributed by atoms with van der Waals surface area (Å²) in [5.74, 6) is 0.349. The van der Waals surface area contributed by atoms with Crippen LogP contribution in [0.4, 0.5) is 5.82 Å². The normalized spacial score (nSPS) is 10.4. The molecule has 5 nitrogen and oxygen atoms in total. The second kappa shape index (κ2) is 8.07. The number of hydrogen-bond donors (Lipinski definition) is 2. The first-order valence-electron chi connectivity index (χ1n) is 8.57. The van der Waals surface area contributed by atoms with E-state index >= 15 is 0 Å². The number of nitrogens with zero attached hydrogens (tertiary/aromatic N) is 2. The summed E-state index contributed by atoms with van der Waals surface area (Å²) in [6, 6.07) is 14.8. The number of rotatable bonds is 5. The molecule has 0 bridgehead atoms. The van der Waals surface area contributed by atoms with E-state index in [1.165, 1.54) is 0 Å².